The van der Waals surface area contributed by atoms with Gasteiger partial charge in [-0.15, -0.1) is 0 Å². The van der Waals surface area contributed by atoms with E-state index in [9.17, 15) is 4.79 Å². The van der Waals surface area contributed by atoms with Gasteiger partial charge in [-0.3, -0.25) is 4.57 Å². The summed E-state index contributed by atoms with van der Waals surface area (Å²) in [5.41, 5.74) is 7.53. The number of hydrogen-bond acceptors (Lipinski definition) is 5. The van der Waals surface area contributed by atoms with Crippen molar-refractivity contribution in [2.45, 2.75) is 13.5 Å². The molecule has 0 aliphatic carbocycles. The smallest absolute Gasteiger partial charge is 0.340 e. The Kier molecular flexibility index (Phi) is 2.98. The van der Waals surface area contributed by atoms with Crippen LogP contribution in [0.3, 0.4) is 0 Å². The van der Waals surface area contributed by atoms with Crippen molar-refractivity contribution in [3.8, 4) is 0 Å². The predicted molar refractivity (Wildman–Crippen MR) is 80.9 cm³/mol. The molecule has 3 aromatic rings. The third-order valence-electron chi connectivity index (χ3n) is 3.07. The first kappa shape index (κ1) is 12.7. The van der Waals surface area contributed by atoms with Crippen LogP contribution in [0.15, 0.2) is 35.1 Å². The number of aryl methyl sites for hydroxylation is 1. The molecule has 0 aliphatic rings. The average molecular weight is 287 g/mol. The summed E-state index contributed by atoms with van der Waals surface area (Å²) in [6.07, 6.45) is 0. The van der Waals surface area contributed by atoms with Crippen molar-refractivity contribution in [1.82, 2.24) is 18.5 Å². The van der Waals surface area contributed by atoms with Crippen molar-refractivity contribution in [2.24, 2.45) is 0 Å². The molecule has 1 aromatic carbocycles. The molecule has 0 saturated heterocycles. The van der Waals surface area contributed by atoms with Crippen molar-refractivity contribution < 1.29 is 0 Å². The van der Waals surface area contributed by atoms with Crippen LogP contribution in [0.1, 0.15) is 11.4 Å². The van der Waals surface area contributed by atoms with Crippen LogP contribution in [-0.4, -0.2) is 18.5 Å². The number of aromatic nitrogens is 4. The van der Waals surface area contributed by atoms with Crippen LogP contribution in [0.2, 0.25) is 0 Å². The molecular weight excluding hydrogens is 274 g/mol. The standard InChI is InChI=1S/C13H13N5OS/c1-8-15-11(14)10-12(16-8)17(13(19)18(10)20)7-9-5-3-2-4-6-9/h2-6,20H,7H2,1H3,(H2,14,15,16). The van der Waals surface area contributed by atoms with Gasteiger partial charge in [0.05, 0.1) is 6.54 Å². The topological polar surface area (TPSA) is 78.7 Å². The molecule has 7 heteroatoms. The lowest BCUT2D eigenvalue weighted by Crippen LogP contribution is -2.21. The maximum atomic E-state index is 12.3. The van der Waals surface area contributed by atoms with E-state index < -0.39 is 0 Å². The van der Waals surface area contributed by atoms with Gasteiger partial charge in [-0.2, -0.15) is 0 Å². The van der Waals surface area contributed by atoms with Crippen LogP contribution in [0.25, 0.3) is 11.2 Å². The summed E-state index contributed by atoms with van der Waals surface area (Å²) in [4.78, 5) is 20.7. The van der Waals surface area contributed by atoms with Crippen LogP contribution in [0.4, 0.5) is 5.82 Å². The molecule has 0 fully saturated rings. The fourth-order valence-corrected chi connectivity index (χ4v) is 2.47. The van der Waals surface area contributed by atoms with Crippen LogP contribution < -0.4 is 11.4 Å². The van der Waals surface area contributed by atoms with E-state index >= 15 is 0 Å². The molecule has 2 N–H and O–H groups in total. The summed E-state index contributed by atoms with van der Waals surface area (Å²) in [5, 5.41) is 0. The Morgan fingerprint density at radius 3 is 2.65 bits per heavy atom. The molecule has 102 valence electrons. The molecule has 6 nitrogen and oxygen atoms in total. The van der Waals surface area contributed by atoms with Crippen molar-refractivity contribution in [1.29, 1.82) is 0 Å². The van der Waals surface area contributed by atoms with E-state index in [1.807, 2.05) is 30.3 Å². The van der Waals surface area contributed by atoms with E-state index in [2.05, 4.69) is 22.8 Å². The maximum absolute atomic E-state index is 12.3. The molecular formula is C13H13N5OS. The van der Waals surface area contributed by atoms with E-state index in [-0.39, 0.29) is 11.5 Å². The van der Waals surface area contributed by atoms with Gasteiger partial charge < -0.3 is 5.73 Å². The number of thiol groups is 1. The van der Waals surface area contributed by atoms with Crippen molar-refractivity contribution in [3.05, 3.63) is 52.2 Å². The first-order valence-corrected chi connectivity index (χ1v) is 6.46. The highest BCUT2D eigenvalue weighted by Gasteiger charge is 2.16. The third kappa shape index (κ3) is 1.96. The highest BCUT2D eigenvalue weighted by molar-refractivity contribution is 7.78. The van der Waals surface area contributed by atoms with E-state index in [1.54, 1.807) is 11.5 Å². The number of nitrogens with two attached hydrogens (primary N) is 1. The number of imidazole rings is 1. The SMILES string of the molecule is Cc1nc(N)c2c(n1)n(Cc1ccccc1)c(=O)n2S. The number of fused-ring (bicyclic) bond motifs is 1. The Morgan fingerprint density at radius 1 is 1.25 bits per heavy atom. The largest absolute Gasteiger partial charge is 0.382 e. The second kappa shape index (κ2) is 4.68. The summed E-state index contributed by atoms with van der Waals surface area (Å²) in [7, 11) is 0. The van der Waals surface area contributed by atoms with Crippen molar-refractivity contribution in [2.75, 3.05) is 5.73 Å². The van der Waals surface area contributed by atoms with E-state index in [0.29, 0.717) is 23.5 Å². The monoisotopic (exact) mass is 287 g/mol. The van der Waals surface area contributed by atoms with Gasteiger partial charge >= 0.3 is 5.69 Å². The Bertz CT molecular complexity index is 837. The fraction of sp³-hybridized carbons (Fsp3) is 0.154. The highest BCUT2D eigenvalue weighted by Crippen LogP contribution is 2.18. The van der Waals surface area contributed by atoms with Gasteiger partial charge in [0.2, 0.25) is 0 Å². The molecule has 0 unspecified atom stereocenters. The minimum Gasteiger partial charge on any atom is -0.382 e. The van der Waals surface area contributed by atoms with E-state index in [4.69, 9.17) is 5.73 Å². The molecule has 0 spiro atoms. The Balaban J connectivity index is 2.25. The Hall–Kier alpha value is -2.28. The Morgan fingerprint density at radius 2 is 1.95 bits per heavy atom. The zero-order valence-corrected chi connectivity index (χ0v) is 11.7. The van der Waals surface area contributed by atoms with E-state index in [1.165, 1.54) is 3.97 Å². The van der Waals surface area contributed by atoms with Gasteiger partial charge in [0, 0.05) is 0 Å². The molecule has 0 radical (unpaired) electrons. The summed E-state index contributed by atoms with van der Waals surface area (Å²) in [5.74, 6) is 0.780. The summed E-state index contributed by atoms with van der Waals surface area (Å²) >= 11 is 4.18. The average Bonchev–Trinajstić information content (AvgIpc) is 2.65. The zero-order valence-electron chi connectivity index (χ0n) is 10.8. The van der Waals surface area contributed by atoms with E-state index in [0.717, 1.165) is 5.56 Å². The quantitative estimate of drug-likeness (QED) is 0.695. The first-order valence-electron chi connectivity index (χ1n) is 6.06. The molecule has 0 aliphatic heterocycles. The third-order valence-corrected chi connectivity index (χ3v) is 3.44. The molecule has 0 amide bonds. The number of nitrogen functional groups attached to an aromatic ring is 1. The lowest BCUT2D eigenvalue weighted by atomic mass is 10.2. The number of rotatable bonds is 2. The van der Waals surface area contributed by atoms with Crippen LogP contribution in [-0.2, 0) is 6.54 Å². The van der Waals surface area contributed by atoms with Crippen molar-refractivity contribution in [3.63, 3.8) is 0 Å². The van der Waals surface area contributed by atoms with Gasteiger partial charge in [-0.05, 0) is 12.5 Å². The van der Waals surface area contributed by atoms with Gasteiger partial charge in [0.1, 0.15) is 11.3 Å². The fourth-order valence-electron chi connectivity index (χ4n) is 2.17. The van der Waals surface area contributed by atoms with Gasteiger partial charge in [-0.1, -0.05) is 43.1 Å². The zero-order chi connectivity index (χ0) is 14.3. The number of benzene rings is 1. The van der Waals surface area contributed by atoms with Gasteiger partial charge in [-0.25, -0.2) is 18.7 Å². The van der Waals surface area contributed by atoms with Gasteiger partial charge in [0.25, 0.3) is 0 Å². The molecule has 2 aromatic heterocycles. The molecule has 0 bridgehead atoms. The number of hydrogen-bond donors (Lipinski definition) is 2. The number of anilines is 1. The highest BCUT2D eigenvalue weighted by atomic mass is 32.1. The lowest BCUT2D eigenvalue weighted by molar-refractivity contribution is 0.770. The Labute approximate surface area is 120 Å². The van der Waals surface area contributed by atoms with Gasteiger partial charge in [0.15, 0.2) is 11.5 Å². The summed E-state index contributed by atoms with van der Waals surface area (Å²) in [6, 6.07) is 9.68. The minimum atomic E-state index is -0.279. The lowest BCUT2D eigenvalue weighted by Gasteiger charge is -2.03. The molecule has 20 heavy (non-hydrogen) atoms. The summed E-state index contributed by atoms with van der Waals surface area (Å²) < 4.78 is 2.73. The second-order valence-electron chi connectivity index (χ2n) is 4.49. The van der Waals surface area contributed by atoms with Crippen molar-refractivity contribution >= 4 is 29.8 Å². The summed E-state index contributed by atoms with van der Waals surface area (Å²) in [6.45, 7) is 2.16. The number of nitrogens with zero attached hydrogens (tertiary/aromatic N) is 4. The molecule has 0 atom stereocenters. The minimum absolute atomic E-state index is 0.256. The molecule has 3 rings (SSSR count). The first-order chi connectivity index (χ1) is 9.58. The van der Waals surface area contributed by atoms with Crippen LogP contribution in [0.5, 0.6) is 0 Å². The maximum Gasteiger partial charge on any atom is 0.340 e. The molecule has 0 saturated carbocycles. The van der Waals surface area contributed by atoms with Crippen LogP contribution in [0, 0.1) is 6.92 Å². The second-order valence-corrected chi connectivity index (χ2v) is 4.89. The van der Waals surface area contributed by atoms with Crippen LogP contribution >= 0.6 is 12.8 Å². The molecule has 2 heterocycles. The predicted octanol–water partition coefficient (Wildman–Crippen LogP) is 1.22. The normalized spacial score (nSPS) is 11.1.